The zero-order valence-electron chi connectivity index (χ0n) is 17.8. The SMILES string of the molecule is CC(=O)N1CCC(C(=O)OCC(=O)N2CCCC2c2cccs2)(c2ccccc2)CC1. The van der Waals surface area contributed by atoms with E-state index in [1.54, 1.807) is 23.2 Å². The van der Waals surface area contributed by atoms with Gasteiger partial charge in [-0.1, -0.05) is 36.4 Å². The summed E-state index contributed by atoms with van der Waals surface area (Å²) >= 11 is 1.65. The fraction of sp³-hybridized carbons (Fsp3) is 0.458. The van der Waals surface area contributed by atoms with E-state index in [1.165, 1.54) is 4.88 Å². The third-order valence-corrected chi connectivity index (χ3v) is 7.52. The van der Waals surface area contributed by atoms with Gasteiger partial charge in [0, 0.05) is 31.4 Å². The molecular formula is C24H28N2O4S. The molecule has 0 spiro atoms. The first-order chi connectivity index (χ1) is 15.0. The highest BCUT2D eigenvalue weighted by molar-refractivity contribution is 7.10. The van der Waals surface area contributed by atoms with Gasteiger partial charge in [-0.05, 0) is 42.7 Å². The molecule has 2 amide bonds. The predicted octanol–water partition coefficient (Wildman–Crippen LogP) is 3.54. The Morgan fingerprint density at radius 2 is 1.81 bits per heavy atom. The molecular weight excluding hydrogens is 412 g/mol. The van der Waals surface area contributed by atoms with Gasteiger partial charge in [0.15, 0.2) is 6.61 Å². The summed E-state index contributed by atoms with van der Waals surface area (Å²) in [5.41, 5.74) is 0.0549. The largest absolute Gasteiger partial charge is 0.455 e. The molecule has 7 heteroatoms. The molecule has 164 valence electrons. The molecule has 1 unspecified atom stereocenters. The van der Waals surface area contributed by atoms with E-state index in [9.17, 15) is 14.4 Å². The zero-order chi connectivity index (χ0) is 21.8. The highest BCUT2D eigenvalue weighted by Crippen LogP contribution is 2.38. The number of amides is 2. The molecule has 6 nitrogen and oxygen atoms in total. The molecule has 2 aromatic rings. The molecule has 1 aromatic heterocycles. The number of nitrogens with zero attached hydrogens (tertiary/aromatic N) is 2. The Morgan fingerprint density at radius 1 is 1.06 bits per heavy atom. The van der Waals surface area contributed by atoms with Crippen molar-refractivity contribution < 1.29 is 19.1 Å². The number of likely N-dealkylation sites (tertiary alicyclic amines) is 2. The number of hydrogen-bond acceptors (Lipinski definition) is 5. The number of thiophene rings is 1. The number of carbonyl (C=O) groups excluding carboxylic acids is 3. The first kappa shape index (κ1) is 21.6. The molecule has 1 atom stereocenters. The maximum atomic E-state index is 13.3. The van der Waals surface area contributed by atoms with Crippen molar-refractivity contribution in [3.63, 3.8) is 0 Å². The molecule has 0 saturated carbocycles. The lowest BCUT2D eigenvalue weighted by Crippen LogP contribution is -2.49. The number of carbonyl (C=O) groups is 3. The minimum absolute atomic E-state index is 0.0128. The van der Waals surface area contributed by atoms with Crippen LogP contribution in [0.5, 0.6) is 0 Å². The van der Waals surface area contributed by atoms with Gasteiger partial charge in [-0.15, -0.1) is 11.3 Å². The smallest absolute Gasteiger partial charge is 0.317 e. The van der Waals surface area contributed by atoms with Gasteiger partial charge in [0.05, 0.1) is 11.5 Å². The second-order valence-electron chi connectivity index (χ2n) is 8.29. The Hall–Kier alpha value is -2.67. The lowest BCUT2D eigenvalue weighted by molar-refractivity contribution is -0.159. The standard InChI is InChI=1S/C24H28N2O4S/c1-18(27)25-14-11-24(12-15-25,19-7-3-2-4-8-19)23(29)30-17-22(28)26-13-5-9-20(26)21-10-6-16-31-21/h2-4,6-8,10,16,20H,5,9,11-15,17H2,1H3. The molecule has 31 heavy (non-hydrogen) atoms. The van der Waals surface area contributed by atoms with Crippen molar-refractivity contribution in [2.45, 2.75) is 44.1 Å². The van der Waals surface area contributed by atoms with Crippen LogP contribution in [0.3, 0.4) is 0 Å². The van der Waals surface area contributed by atoms with Crippen LogP contribution < -0.4 is 0 Å². The van der Waals surface area contributed by atoms with Crippen molar-refractivity contribution in [1.29, 1.82) is 0 Å². The van der Waals surface area contributed by atoms with Crippen LogP contribution in [-0.4, -0.2) is 53.8 Å². The summed E-state index contributed by atoms with van der Waals surface area (Å²) in [4.78, 5) is 42.8. The third-order valence-electron chi connectivity index (χ3n) is 6.55. The summed E-state index contributed by atoms with van der Waals surface area (Å²) in [5.74, 6) is -0.505. The summed E-state index contributed by atoms with van der Waals surface area (Å²) in [6.45, 7) is 2.99. The molecule has 0 radical (unpaired) electrons. The maximum absolute atomic E-state index is 13.3. The third kappa shape index (κ3) is 4.37. The zero-order valence-corrected chi connectivity index (χ0v) is 18.6. The summed E-state index contributed by atoms with van der Waals surface area (Å²) in [5, 5.41) is 2.02. The van der Waals surface area contributed by atoms with Crippen LogP contribution >= 0.6 is 11.3 Å². The average Bonchev–Trinajstić information content (AvgIpc) is 3.49. The van der Waals surface area contributed by atoms with Crippen molar-refractivity contribution in [2.75, 3.05) is 26.2 Å². The van der Waals surface area contributed by atoms with Gasteiger partial charge in [0.25, 0.3) is 5.91 Å². The minimum atomic E-state index is -0.828. The van der Waals surface area contributed by atoms with Crippen molar-refractivity contribution in [3.05, 3.63) is 58.3 Å². The second kappa shape index (κ2) is 9.22. The molecule has 4 rings (SSSR count). The van der Waals surface area contributed by atoms with Gasteiger partial charge in [0.2, 0.25) is 5.91 Å². The summed E-state index contributed by atoms with van der Waals surface area (Å²) < 4.78 is 5.64. The summed E-state index contributed by atoms with van der Waals surface area (Å²) in [7, 11) is 0. The number of ether oxygens (including phenoxy) is 1. The highest BCUT2D eigenvalue weighted by Gasteiger charge is 2.45. The Bertz CT molecular complexity index is 920. The fourth-order valence-corrected chi connectivity index (χ4v) is 5.63. The molecule has 0 aliphatic carbocycles. The maximum Gasteiger partial charge on any atom is 0.317 e. The number of rotatable bonds is 5. The Morgan fingerprint density at radius 3 is 2.45 bits per heavy atom. The van der Waals surface area contributed by atoms with Crippen LogP contribution in [0.25, 0.3) is 0 Å². The normalized spacial score (nSPS) is 20.5. The monoisotopic (exact) mass is 440 g/mol. The highest BCUT2D eigenvalue weighted by atomic mass is 32.1. The van der Waals surface area contributed by atoms with Crippen LogP contribution in [0.15, 0.2) is 47.8 Å². The van der Waals surface area contributed by atoms with Crippen molar-refractivity contribution in [2.24, 2.45) is 0 Å². The van der Waals surface area contributed by atoms with Crippen LogP contribution in [0.2, 0.25) is 0 Å². The van der Waals surface area contributed by atoms with Crippen LogP contribution in [0.1, 0.15) is 49.1 Å². The van der Waals surface area contributed by atoms with Crippen LogP contribution in [-0.2, 0) is 24.5 Å². The topological polar surface area (TPSA) is 66.9 Å². The predicted molar refractivity (Wildman–Crippen MR) is 119 cm³/mol. The van der Waals surface area contributed by atoms with Gasteiger partial charge in [-0.25, -0.2) is 0 Å². The fourth-order valence-electron chi connectivity index (χ4n) is 4.76. The van der Waals surface area contributed by atoms with Gasteiger partial charge in [0.1, 0.15) is 0 Å². The number of hydrogen-bond donors (Lipinski definition) is 0. The lowest BCUT2D eigenvalue weighted by Gasteiger charge is -2.40. The molecule has 0 N–H and O–H groups in total. The molecule has 2 fully saturated rings. The minimum Gasteiger partial charge on any atom is -0.455 e. The summed E-state index contributed by atoms with van der Waals surface area (Å²) in [6.07, 6.45) is 2.88. The van der Waals surface area contributed by atoms with E-state index in [1.807, 2.05) is 46.7 Å². The van der Waals surface area contributed by atoms with E-state index in [4.69, 9.17) is 4.74 Å². The first-order valence-electron chi connectivity index (χ1n) is 10.8. The molecule has 3 heterocycles. The van der Waals surface area contributed by atoms with E-state index >= 15 is 0 Å². The Labute approximate surface area is 186 Å². The van der Waals surface area contributed by atoms with E-state index in [-0.39, 0.29) is 30.4 Å². The average molecular weight is 441 g/mol. The van der Waals surface area contributed by atoms with Gasteiger partial charge >= 0.3 is 5.97 Å². The van der Waals surface area contributed by atoms with E-state index in [2.05, 4.69) is 6.07 Å². The van der Waals surface area contributed by atoms with Gasteiger partial charge in [-0.3, -0.25) is 14.4 Å². The second-order valence-corrected chi connectivity index (χ2v) is 9.27. The molecule has 2 aliphatic rings. The van der Waals surface area contributed by atoms with Crippen LogP contribution in [0, 0.1) is 0 Å². The first-order valence-corrected chi connectivity index (χ1v) is 11.7. The number of benzene rings is 1. The number of esters is 1. The van der Waals surface area contributed by atoms with Gasteiger partial charge in [-0.2, -0.15) is 0 Å². The Balaban J connectivity index is 1.46. The number of piperidine rings is 1. The molecule has 1 aromatic carbocycles. The van der Waals surface area contributed by atoms with Gasteiger partial charge < -0.3 is 14.5 Å². The van der Waals surface area contributed by atoms with E-state index < -0.39 is 5.41 Å². The summed E-state index contributed by atoms with van der Waals surface area (Å²) in [6, 6.07) is 13.7. The van der Waals surface area contributed by atoms with E-state index in [0.29, 0.717) is 32.5 Å². The Kier molecular flexibility index (Phi) is 6.41. The molecule has 0 bridgehead atoms. The molecule has 2 saturated heterocycles. The quantitative estimate of drug-likeness (QED) is 0.667. The van der Waals surface area contributed by atoms with Crippen molar-refractivity contribution >= 4 is 29.1 Å². The van der Waals surface area contributed by atoms with E-state index in [0.717, 1.165) is 18.4 Å². The van der Waals surface area contributed by atoms with Crippen molar-refractivity contribution in [3.8, 4) is 0 Å². The molecule has 2 aliphatic heterocycles. The lowest BCUT2D eigenvalue weighted by atomic mass is 9.72. The van der Waals surface area contributed by atoms with Crippen LogP contribution in [0.4, 0.5) is 0 Å². The van der Waals surface area contributed by atoms with Crippen molar-refractivity contribution in [1.82, 2.24) is 9.80 Å².